The molecule has 0 aromatic rings. The summed E-state index contributed by atoms with van der Waals surface area (Å²) in [5.74, 6) is -8.98. The van der Waals surface area contributed by atoms with Crippen molar-refractivity contribution in [3.63, 3.8) is 0 Å². The van der Waals surface area contributed by atoms with E-state index in [1.54, 1.807) is 0 Å². The molecule has 0 spiro atoms. The summed E-state index contributed by atoms with van der Waals surface area (Å²) in [5, 5.41) is 12.6. The Morgan fingerprint density at radius 3 is 1.66 bits per heavy atom. The molecule has 2 amide bonds. The van der Waals surface area contributed by atoms with Gasteiger partial charge < -0.3 is 20.2 Å². The molecule has 0 aliphatic carbocycles. The summed E-state index contributed by atoms with van der Waals surface area (Å²) in [6.07, 6.45) is -1.05. The zero-order chi connectivity index (χ0) is 23.3. The van der Waals surface area contributed by atoms with Crippen LogP contribution in [0.3, 0.4) is 0 Å². The minimum Gasteiger partial charge on any atom is -0.415 e. The molecule has 0 aromatic carbocycles. The third-order valence-corrected chi connectivity index (χ3v) is 9.51. The molecule has 0 bridgehead atoms. The lowest BCUT2D eigenvalue weighted by Crippen LogP contribution is -2.44. The average Bonchev–Trinajstić information content (AvgIpc) is 3.01. The van der Waals surface area contributed by atoms with Gasteiger partial charge >= 0.3 is 11.8 Å². The minimum atomic E-state index is -3.28. The summed E-state index contributed by atoms with van der Waals surface area (Å²) >= 11 is 0. The number of aliphatic hydroxyl groups is 1. The van der Waals surface area contributed by atoms with E-state index in [9.17, 15) is 27.2 Å². The minimum absolute atomic E-state index is 0.0398. The molecule has 2 rings (SSSR count). The summed E-state index contributed by atoms with van der Waals surface area (Å²) in [7, 11) is -1.94. The maximum atomic E-state index is 13.0. The van der Waals surface area contributed by atoms with E-state index in [0.29, 0.717) is 0 Å². The van der Waals surface area contributed by atoms with Gasteiger partial charge in [0.25, 0.3) is 11.8 Å². The van der Waals surface area contributed by atoms with Crippen molar-refractivity contribution in [2.24, 2.45) is 0 Å². The zero-order valence-electron chi connectivity index (χ0n) is 17.6. The Balaban J connectivity index is 0.000000554. The summed E-state index contributed by atoms with van der Waals surface area (Å²) < 4.78 is 56.3. The highest BCUT2D eigenvalue weighted by Gasteiger charge is 2.49. The number of hydrogen-bond acceptors (Lipinski definition) is 4. The number of halogens is 4. The van der Waals surface area contributed by atoms with Crippen molar-refractivity contribution < 1.29 is 36.7 Å². The van der Waals surface area contributed by atoms with E-state index in [4.69, 9.17) is 9.53 Å². The molecule has 2 aliphatic rings. The van der Waals surface area contributed by atoms with Crippen LogP contribution in [0.4, 0.5) is 17.6 Å². The van der Waals surface area contributed by atoms with Gasteiger partial charge in [0.15, 0.2) is 8.32 Å². The highest BCUT2D eigenvalue weighted by atomic mass is 28.4. The molecule has 11 heteroatoms. The van der Waals surface area contributed by atoms with Gasteiger partial charge in [-0.1, -0.05) is 20.8 Å². The third kappa shape index (κ3) is 7.70. The lowest BCUT2D eigenvalue weighted by atomic mass is 10.2. The molecule has 2 saturated heterocycles. The van der Waals surface area contributed by atoms with Crippen molar-refractivity contribution in [3.8, 4) is 0 Å². The van der Waals surface area contributed by atoms with E-state index in [0.717, 1.165) is 0 Å². The van der Waals surface area contributed by atoms with Crippen LogP contribution in [0, 0.1) is 0 Å². The zero-order valence-corrected chi connectivity index (χ0v) is 18.6. The fourth-order valence-corrected chi connectivity index (χ4v) is 3.28. The summed E-state index contributed by atoms with van der Waals surface area (Å²) in [6, 6.07) is -1.34. The number of carbonyl (C=O) groups is 2. The molecule has 0 radical (unpaired) electrons. The molecular weight excluding hydrogens is 412 g/mol. The molecular formula is C18H32F4N2O4Si. The van der Waals surface area contributed by atoms with Crippen LogP contribution in [-0.4, -0.2) is 62.4 Å². The molecule has 2 atom stereocenters. The van der Waals surface area contributed by atoms with E-state index >= 15 is 0 Å². The number of alkyl halides is 4. The number of amides is 2. The predicted octanol–water partition coefficient (Wildman–Crippen LogP) is 2.84. The molecule has 6 nitrogen and oxygen atoms in total. The van der Waals surface area contributed by atoms with Gasteiger partial charge in [-0.25, -0.2) is 0 Å². The summed E-state index contributed by atoms with van der Waals surface area (Å²) in [5.41, 5.74) is 0. The monoisotopic (exact) mass is 444 g/mol. The summed E-state index contributed by atoms with van der Waals surface area (Å²) in [4.78, 5) is 21.2. The van der Waals surface area contributed by atoms with Gasteiger partial charge in [0, 0.05) is 12.8 Å². The van der Waals surface area contributed by atoms with Crippen LogP contribution in [0.5, 0.6) is 0 Å². The maximum Gasteiger partial charge on any atom is 0.326 e. The van der Waals surface area contributed by atoms with Gasteiger partial charge in [-0.3, -0.25) is 9.59 Å². The molecule has 2 aliphatic heterocycles. The molecule has 0 aromatic heterocycles. The molecule has 29 heavy (non-hydrogen) atoms. The Morgan fingerprint density at radius 1 is 1.03 bits per heavy atom. The number of hydrogen-bond donors (Lipinski definition) is 3. The van der Waals surface area contributed by atoms with Crippen LogP contribution in [0.1, 0.15) is 33.6 Å². The summed E-state index contributed by atoms with van der Waals surface area (Å²) in [6.45, 7) is 16.1. The highest BCUT2D eigenvalue weighted by molar-refractivity contribution is 6.74. The Labute approximate surface area is 170 Å². The van der Waals surface area contributed by atoms with Crippen molar-refractivity contribution in [2.75, 3.05) is 13.2 Å². The van der Waals surface area contributed by atoms with Crippen LogP contribution in [0.15, 0.2) is 13.2 Å². The lowest BCUT2D eigenvalue weighted by Gasteiger charge is -2.36. The van der Waals surface area contributed by atoms with E-state index in [1.165, 1.54) is 0 Å². The van der Waals surface area contributed by atoms with Gasteiger partial charge in [0.2, 0.25) is 0 Å². The van der Waals surface area contributed by atoms with Crippen LogP contribution in [-0.2, 0) is 14.0 Å². The number of nitrogens with one attached hydrogen (secondary N) is 2. The van der Waals surface area contributed by atoms with E-state index < -0.39 is 63.5 Å². The van der Waals surface area contributed by atoms with Crippen LogP contribution >= 0.6 is 0 Å². The quantitative estimate of drug-likeness (QED) is 0.354. The predicted molar refractivity (Wildman–Crippen MR) is 104 cm³/mol. The smallest absolute Gasteiger partial charge is 0.326 e. The van der Waals surface area contributed by atoms with Gasteiger partial charge in [0.1, 0.15) is 0 Å². The number of rotatable bonds is 4. The highest BCUT2D eigenvalue weighted by Crippen LogP contribution is 2.37. The molecule has 3 N–H and O–H groups in total. The van der Waals surface area contributed by atoms with Crippen LogP contribution in [0.25, 0.3) is 0 Å². The Bertz CT molecular complexity index is 583. The number of aliphatic hydroxyl groups excluding tert-OH is 1. The second-order valence-corrected chi connectivity index (χ2v) is 13.2. The normalized spacial score (nSPS) is 25.2. The number of carbonyl (C=O) groups excluding carboxylic acids is 2. The second kappa shape index (κ2) is 10.0. The van der Waals surface area contributed by atoms with Gasteiger partial charge in [-0.2, -0.15) is 17.6 Å². The second-order valence-electron chi connectivity index (χ2n) is 8.41. The Morgan fingerprint density at radius 2 is 1.41 bits per heavy atom. The van der Waals surface area contributed by atoms with Crippen molar-refractivity contribution >= 4 is 20.1 Å². The average molecular weight is 445 g/mol. The van der Waals surface area contributed by atoms with Crippen molar-refractivity contribution in [3.05, 3.63) is 13.2 Å². The molecule has 0 saturated carbocycles. The maximum absolute atomic E-state index is 13.0. The van der Waals surface area contributed by atoms with Crippen LogP contribution < -0.4 is 10.6 Å². The van der Waals surface area contributed by atoms with Crippen molar-refractivity contribution in [2.45, 2.75) is 75.7 Å². The first-order chi connectivity index (χ1) is 13.0. The molecule has 170 valence electrons. The van der Waals surface area contributed by atoms with Crippen LogP contribution in [0.2, 0.25) is 18.1 Å². The van der Waals surface area contributed by atoms with Gasteiger partial charge in [-0.15, -0.1) is 13.2 Å². The molecule has 0 unspecified atom stereocenters. The third-order valence-electron chi connectivity index (χ3n) is 5.01. The Kier molecular flexibility index (Phi) is 9.52. The molecule has 2 heterocycles. The largest absolute Gasteiger partial charge is 0.415 e. The van der Waals surface area contributed by atoms with Crippen molar-refractivity contribution in [1.82, 2.24) is 10.6 Å². The lowest BCUT2D eigenvalue weighted by molar-refractivity contribution is -0.140. The van der Waals surface area contributed by atoms with E-state index in [1.807, 2.05) is 5.32 Å². The first-order valence-electron chi connectivity index (χ1n) is 9.14. The fraction of sp³-hybridized carbons (Fsp3) is 0.778. The van der Waals surface area contributed by atoms with Gasteiger partial charge in [0.05, 0.1) is 25.3 Å². The van der Waals surface area contributed by atoms with E-state index in [2.05, 4.69) is 52.3 Å². The first kappa shape index (κ1) is 27.5. The first-order valence-corrected chi connectivity index (χ1v) is 12.0. The fourth-order valence-electron chi connectivity index (χ4n) is 2.22. The standard InChI is InChI=1S/C11H21F2NO2Si.C5H7F2NO2.C2H4/c1-10(2,3)17(4,5)16-7-8-6-11(12,13)9(15)14-8;6-5(7)1-3(2-9)8-4(5)10;1-2/h8H,6-7H2,1-5H3,(H,14,15);3,9H,1-2H2,(H,8,10);1-2H2/t8-;3-;/m11./s1. The van der Waals surface area contributed by atoms with E-state index in [-0.39, 0.29) is 11.6 Å². The Hall–Kier alpha value is -1.46. The SMILES string of the molecule is C=C.CC(C)(C)[Si](C)(C)OC[C@H]1CC(F)(F)C(=O)N1.O=C1N[C@@H](CO)CC1(F)F. The topological polar surface area (TPSA) is 87.7 Å². The molecule has 2 fully saturated rings. The van der Waals surface area contributed by atoms with Gasteiger partial charge in [-0.05, 0) is 18.1 Å². The van der Waals surface area contributed by atoms with Crippen molar-refractivity contribution in [1.29, 1.82) is 0 Å².